The van der Waals surface area contributed by atoms with E-state index in [0.29, 0.717) is 46.8 Å². The number of aliphatic hydroxyl groups excluding tert-OH is 1. The lowest BCUT2D eigenvalue weighted by molar-refractivity contribution is 0.0947. The molecule has 0 radical (unpaired) electrons. The first-order valence-electron chi connectivity index (χ1n) is 7.80. The molecule has 0 aliphatic rings. The van der Waals surface area contributed by atoms with Crippen molar-refractivity contribution in [3.63, 3.8) is 0 Å². The Balaban J connectivity index is 1.96. The molecule has 3 aromatic rings. The molecule has 1 atom stereocenters. The Hall–Kier alpha value is -2.67. The molecule has 7 heteroatoms. The number of nitrogens with zero attached hydrogens (tertiary/aromatic N) is 2. The molecular weight excluding hydrogens is 310 g/mol. The van der Waals surface area contributed by atoms with Gasteiger partial charge in [0.05, 0.1) is 22.9 Å². The first kappa shape index (κ1) is 16.2. The third kappa shape index (κ3) is 3.16. The van der Waals surface area contributed by atoms with Crippen molar-refractivity contribution in [2.45, 2.75) is 20.3 Å². The van der Waals surface area contributed by atoms with Crippen LogP contribution in [-0.4, -0.2) is 34.3 Å². The highest BCUT2D eigenvalue weighted by molar-refractivity contribution is 6.06. The predicted octanol–water partition coefficient (Wildman–Crippen LogP) is 2.54. The molecule has 3 heterocycles. The fourth-order valence-corrected chi connectivity index (χ4v) is 2.51. The SMILES string of the molecule is Cc1noc2nc(-c3ccco3)cc(C(=O)NCC(C)CCO)c12. The van der Waals surface area contributed by atoms with E-state index in [2.05, 4.69) is 15.5 Å². The van der Waals surface area contributed by atoms with Crippen LogP contribution in [0.15, 0.2) is 33.4 Å². The fourth-order valence-electron chi connectivity index (χ4n) is 2.51. The Kier molecular flexibility index (Phi) is 4.61. The van der Waals surface area contributed by atoms with Gasteiger partial charge in [-0.25, -0.2) is 4.98 Å². The van der Waals surface area contributed by atoms with E-state index in [-0.39, 0.29) is 18.4 Å². The Morgan fingerprint density at radius 2 is 2.29 bits per heavy atom. The highest BCUT2D eigenvalue weighted by Gasteiger charge is 2.20. The van der Waals surface area contributed by atoms with Gasteiger partial charge in [-0.3, -0.25) is 4.79 Å². The van der Waals surface area contributed by atoms with E-state index in [0.717, 1.165) is 0 Å². The second-order valence-corrected chi connectivity index (χ2v) is 5.81. The predicted molar refractivity (Wildman–Crippen MR) is 87.4 cm³/mol. The van der Waals surface area contributed by atoms with Crippen molar-refractivity contribution >= 4 is 17.0 Å². The quantitative estimate of drug-likeness (QED) is 0.720. The van der Waals surface area contributed by atoms with Gasteiger partial charge in [-0.15, -0.1) is 0 Å². The van der Waals surface area contributed by atoms with E-state index in [4.69, 9.17) is 14.0 Å². The molecule has 2 N–H and O–H groups in total. The van der Waals surface area contributed by atoms with Crippen LogP contribution in [0.5, 0.6) is 0 Å². The fraction of sp³-hybridized carbons (Fsp3) is 0.353. The van der Waals surface area contributed by atoms with Gasteiger partial charge in [0.1, 0.15) is 5.69 Å². The number of amides is 1. The summed E-state index contributed by atoms with van der Waals surface area (Å²) in [5.41, 5.74) is 1.87. The van der Waals surface area contributed by atoms with Crippen LogP contribution in [0, 0.1) is 12.8 Å². The molecule has 7 nitrogen and oxygen atoms in total. The first-order chi connectivity index (χ1) is 11.6. The second kappa shape index (κ2) is 6.84. The number of hydrogen-bond acceptors (Lipinski definition) is 6. The summed E-state index contributed by atoms with van der Waals surface area (Å²) in [4.78, 5) is 17.0. The number of furan rings is 1. The van der Waals surface area contributed by atoms with Gasteiger partial charge < -0.3 is 19.4 Å². The monoisotopic (exact) mass is 329 g/mol. The Labute approximate surface area is 138 Å². The zero-order chi connectivity index (χ0) is 17.1. The van der Waals surface area contributed by atoms with Crippen molar-refractivity contribution in [2.24, 2.45) is 5.92 Å². The zero-order valence-electron chi connectivity index (χ0n) is 13.6. The summed E-state index contributed by atoms with van der Waals surface area (Å²) in [5, 5.41) is 16.3. The minimum atomic E-state index is -0.230. The number of nitrogens with one attached hydrogen (secondary N) is 1. The van der Waals surface area contributed by atoms with E-state index in [9.17, 15) is 4.79 Å². The number of pyridine rings is 1. The number of aryl methyl sites for hydroxylation is 1. The van der Waals surface area contributed by atoms with Crippen LogP contribution < -0.4 is 5.32 Å². The van der Waals surface area contributed by atoms with Crippen LogP contribution in [0.4, 0.5) is 0 Å². The molecule has 0 saturated carbocycles. The number of rotatable bonds is 6. The van der Waals surface area contributed by atoms with Crippen molar-refractivity contribution in [1.82, 2.24) is 15.5 Å². The number of carbonyl (C=O) groups is 1. The van der Waals surface area contributed by atoms with Crippen LogP contribution in [0.2, 0.25) is 0 Å². The van der Waals surface area contributed by atoms with Gasteiger partial charge in [0.2, 0.25) is 0 Å². The van der Waals surface area contributed by atoms with Crippen LogP contribution >= 0.6 is 0 Å². The summed E-state index contributed by atoms with van der Waals surface area (Å²) >= 11 is 0. The molecule has 3 rings (SSSR count). The van der Waals surface area contributed by atoms with Gasteiger partial charge in [0.15, 0.2) is 5.76 Å². The van der Waals surface area contributed by atoms with E-state index in [1.54, 1.807) is 31.4 Å². The number of fused-ring (bicyclic) bond motifs is 1. The van der Waals surface area contributed by atoms with Gasteiger partial charge in [-0.2, -0.15) is 0 Å². The lowest BCUT2D eigenvalue weighted by atomic mass is 10.1. The summed E-state index contributed by atoms with van der Waals surface area (Å²) < 4.78 is 10.6. The molecule has 0 saturated heterocycles. The van der Waals surface area contributed by atoms with Crippen LogP contribution in [0.1, 0.15) is 29.4 Å². The lowest BCUT2D eigenvalue weighted by Gasteiger charge is -2.12. The lowest BCUT2D eigenvalue weighted by Crippen LogP contribution is -2.29. The number of aliphatic hydroxyl groups is 1. The molecule has 126 valence electrons. The molecule has 1 unspecified atom stereocenters. The van der Waals surface area contributed by atoms with E-state index in [1.807, 2.05) is 6.92 Å². The van der Waals surface area contributed by atoms with E-state index < -0.39 is 0 Å². The largest absolute Gasteiger partial charge is 0.463 e. The number of aromatic nitrogens is 2. The molecule has 0 aliphatic carbocycles. The van der Waals surface area contributed by atoms with Crippen molar-refractivity contribution in [2.75, 3.05) is 13.2 Å². The highest BCUT2D eigenvalue weighted by atomic mass is 16.5. The molecule has 0 bridgehead atoms. The van der Waals surface area contributed by atoms with Crippen molar-refractivity contribution in [3.8, 4) is 11.5 Å². The van der Waals surface area contributed by atoms with Crippen LogP contribution in [-0.2, 0) is 0 Å². The second-order valence-electron chi connectivity index (χ2n) is 5.81. The third-order valence-electron chi connectivity index (χ3n) is 3.87. The highest BCUT2D eigenvalue weighted by Crippen LogP contribution is 2.27. The first-order valence-corrected chi connectivity index (χ1v) is 7.80. The maximum absolute atomic E-state index is 12.6. The summed E-state index contributed by atoms with van der Waals surface area (Å²) in [6.45, 7) is 4.32. The van der Waals surface area contributed by atoms with Gasteiger partial charge in [0.25, 0.3) is 11.6 Å². The molecule has 3 aromatic heterocycles. The standard InChI is InChI=1S/C17H19N3O4/c1-10(5-6-21)9-18-16(22)12-8-13(14-4-3-7-23-14)19-17-15(12)11(2)20-24-17/h3-4,7-8,10,21H,5-6,9H2,1-2H3,(H,18,22). The van der Waals surface area contributed by atoms with Crippen LogP contribution in [0.3, 0.4) is 0 Å². The summed E-state index contributed by atoms with van der Waals surface area (Å²) in [6.07, 6.45) is 2.18. The summed E-state index contributed by atoms with van der Waals surface area (Å²) in [7, 11) is 0. The molecule has 0 spiro atoms. The molecule has 0 fully saturated rings. The summed E-state index contributed by atoms with van der Waals surface area (Å²) in [6, 6.07) is 5.20. The smallest absolute Gasteiger partial charge is 0.259 e. The van der Waals surface area contributed by atoms with Gasteiger partial charge in [0, 0.05) is 13.2 Å². The Bertz CT molecular complexity index is 839. The van der Waals surface area contributed by atoms with Crippen molar-refractivity contribution in [3.05, 3.63) is 35.7 Å². The van der Waals surface area contributed by atoms with Gasteiger partial charge >= 0.3 is 0 Å². The van der Waals surface area contributed by atoms with Crippen molar-refractivity contribution < 1.29 is 18.8 Å². The van der Waals surface area contributed by atoms with Crippen LogP contribution in [0.25, 0.3) is 22.6 Å². The van der Waals surface area contributed by atoms with Gasteiger partial charge in [-0.1, -0.05) is 12.1 Å². The normalized spacial score (nSPS) is 12.5. The van der Waals surface area contributed by atoms with Crippen molar-refractivity contribution in [1.29, 1.82) is 0 Å². The molecule has 24 heavy (non-hydrogen) atoms. The molecule has 1 amide bonds. The average Bonchev–Trinajstić information content (AvgIpc) is 3.22. The topological polar surface area (TPSA) is 101 Å². The number of hydrogen-bond donors (Lipinski definition) is 2. The third-order valence-corrected chi connectivity index (χ3v) is 3.87. The van der Waals surface area contributed by atoms with E-state index >= 15 is 0 Å². The minimum Gasteiger partial charge on any atom is -0.463 e. The zero-order valence-corrected chi connectivity index (χ0v) is 13.6. The Morgan fingerprint density at radius 3 is 3.00 bits per heavy atom. The molecule has 0 aliphatic heterocycles. The maximum Gasteiger partial charge on any atom is 0.259 e. The Morgan fingerprint density at radius 1 is 1.46 bits per heavy atom. The van der Waals surface area contributed by atoms with Gasteiger partial charge in [-0.05, 0) is 37.5 Å². The molecular formula is C17H19N3O4. The molecule has 0 aromatic carbocycles. The average molecular weight is 329 g/mol. The minimum absolute atomic E-state index is 0.101. The maximum atomic E-state index is 12.6. The van der Waals surface area contributed by atoms with E-state index in [1.165, 1.54) is 0 Å². The summed E-state index contributed by atoms with van der Waals surface area (Å²) in [5.74, 6) is 0.504. The number of carbonyl (C=O) groups excluding carboxylic acids is 1.